The first-order valence-electron chi connectivity index (χ1n) is 3.99. The van der Waals surface area contributed by atoms with Gasteiger partial charge in [-0.15, -0.1) is 0 Å². The fourth-order valence-electron chi connectivity index (χ4n) is 0.765. The molecule has 0 aromatic carbocycles. The van der Waals surface area contributed by atoms with Crippen LogP contribution >= 0.6 is 0 Å². The van der Waals surface area contributed by atoms with Gasteiger partial charge in [-0.2, -0.15) is 5.10 Å². The molecule has 0 aliphatic carbocycles. The summed E-state index contributed by atoms with van der Waals surface area (Å²) in [6.45, 7) is 2.02. The zero-order valence-corrected chi connectivity index (χ0v) is 7.41. The minimum absolute atomic E-state index is 0.0279. The molecule has 0 bridgehead atoms. The van der Waals surface area contributed by atoms with Crippen LogP contribution in [0, 0.1) is 11.8 Å². The Morgan fingerprint density at radius 2 is 2.50 bits per heavy atom. The van der Waals surface area contributed by atoms with Crippen molar-refractivity contribution < 1.29 is 0 Å². The van der Waals surface area contributed by atoms with E-state index in [1.165, 1.54) is 0 Å². The topological polar surface area (TPSA) is 43.8 Å². The molecule has 64 valence electrons. The van der Waals surface area contributed by atoms with E-state index in [0.717, 1.165) is 12.1 Å². The molecule has 0 amide bonds. The molecule has 1 unspecified atom stereocenters. The van der Waals surface area contributed by atoms with E-state index in [4.69, 9.17) is 5.73 Å². The highest BCUT2D eigenvalue weighted by Crippen LogP contribution is 1.92. The number of rotatable bonds is 1. The summed E-state index contributed by atoms with van der Waals surface area (Å²) in [4.78, 5) is 0. The number of nitrogens with zero attached hydrogens (tertiary/aromatic N) is 2. The van der Waals surface area contributed by atoms with Crippen molar-refractivity contribution in [3.8, 4) is 11.8 Å². The second-order valence-corrected chi connectivity index (χ2v) is 2.62. The summed E-state index contributed by atoms with van der Waals surface area (Å²) < 4.78 is 1.73. The Hall–Kier alpha value is -1.27. The fraction of sp³-hybridized carbons (Fsp3) is 0.444. The Kier molecular flexibility index (Phi) is 2.89. The van der Waals surface area contributed by atoms with Gasteiger partial charge >= 0.3 is 0 Å². The van der Waals surface area contributed by atoms with E-state index in [-0.39, 0.29) is 6.04 Å². The molecule has 0 saturated heterocycles. The summed E-state index contributed by atoms with van der Waals surface area (Å²) in [7, 11) is 1.86. The maximum atomic E-state index is 5.64. The Morgan fingerprint density at radius 3 is 3.00 bits per heavy atom. The second kappa shape index (κ2) is 3.93. The third-order valence-corrected chi connectivity index (χ3v) is 1.65. The Morgan fingerprint density at radius 1 is 1.75 bits per heavy atom. The molecule has 0 aliphatic heterocycles. The predicted molar refractivity (Wildman–Crippen MR) is 48.4 cm³/mol. The zero-order valence-electron chi connectivity index (χ0n) is 7.41. The molecule has 0 aliphatic rings. The average molecular weight is 163 g/mol. The third kappa shape index (κ3) is 2.11. The van der Waals surface area contributed by atoms with E-state index in [1.807, 2.05) is 20.0 Å². The van der Waals surface area contributed by atoms with Gasteiger partial charge in [-0.3, -0.25) is 4.68 Å². The molecule has 0 spiro atoms. The maximum Gasteiger partial charge on any atom is 0.110 e. The Labute approximate surface area is 72.6 Å². The van der Waals surface area contributed by atoms with Crippen LogP contribution in [0.4, 0.5) is 0 Å². The quantitative estimate of drug-likeness (QED) is 0.613. The molecule has 3 heteroatoms. The lowest BCUT2D eigenvalue weighted by Gasteiger charge is -1.95. The van der Waals surface area contributed by atoms with Crippen LogP contribution in [-0.4, -0.2) is 15.8 Å². The second-order valence-electron chi connectivity index (χ2n) is 2.62. The maximum absolute atomic E-state index is 5.64. The molecular formula is C9H13N3. The monoisotopic (exact) mass is 163 g/mol. The van der Waals surface area contributed by atoms with E-state index in [9.17, 15) is 0 Å². The van der Waals surface area contributed by atoms with E-state index >= 15 is 0 Å². The van der Waals surface area contributed by atoms with Gasteiger partial charge in [0.2, 0.25) is 0 Å². The van der Waals surface area contributed by atoms with Crippen LogP contribution in [0.1, 0.15) is 19.0 Å². The molecule has 3 nitrogen and oxygen atoms in total. The predicted octanol–water partition coefficient (Wildman–Crippen LogP) is 0.509. The van der Waals surface area contributed by atoms with Crippen LogP contribution in [-0.2, 0) is 7.05 Å². The van der Waals surface area contributed by atoms with Crippen LogP contribution in [0.15, 0.2) is 12.3 Å². The number of nitrogens with two attached hydrogens (primary N) is 1. The summed E-state index contributed by atoms with van der Waals surface area (Å²) in [6.07, 6.45) is 2.60. The van der Waals surface area contributed by atoms with Crippen LogP contribution in [0.25, 0.3) is 0 Å². The number of aryl methyl sites for hydroxylation is 1. The van der Waals surface area contributed by atoms with Crippen molar-refractivity contribution in [1.29, 1.82) is 0 Å². The number of hydrogen-bond donors (Lipinski definition) is 1. The highest BCUT2D eigenvalue weighted by molar-refractivity contribution is 5.28. The zero-order chi connectivity index (χ0) is 8.97. The van der Waals surface area contributed by atoms with E-state index < -0.39 is 0 Å². The minimum Gasteiger partial charge on any atom is -0.318 e. The highest BCUT2D eigenvalue weighted by Gasteiger charge is 1.93. The van der Waals surface area contributed by atoms with Crippen LogP contribution in [0.5, 0.6) is 0 Å². The van der Waals surface area contributed by atoms with E-state index in [0.29, 0.717) is 0 Å². The smallest absolute Gasteiger partial charge is 0.110 e. The molecule has 1 aromatic heterocycles. The first-order chi connectivity index (χ1) is 5.74. The van der Waals surface area contributed by atoms with Gasteiger partial charge in [0.05, 0.1) is 12.2 Å². The lowest BCUT2D eigenvalue weighted by atomic mass is 10.2. The largest absolute Gasteiger partial charge is 0.318 e. The highest BCUT2D eigenvalue weighted by atomic mass is 15.2. The van der Waals surface area contributed by atoms with Crippen molar-refractivity contribution in [3.63, 3.8) is 0 Å². The first kappa shape index (κ1) is 8.82. The van der Waals surface area contributed by atoms with Crippen LogP contribution < -0.4 is 5.73 Å². The van der Waals surface area contributed by atoms with Gasteiger partial charge in [0.25, 0.3) is 0 Å². The van der Waals surface area contributed by atoms with Crippen molar-refractivity contribution in [2.45, 2.75) is 19.4 Å². The van der Waals surface area contributed by atoms with Gasteiger partial charge in [-0.1, -0.05) is 12.8 Å². The Bertz CT molecular complexity index is 303. The molecule has 1 rings (SSSR count). The number of aromatic nitrogens is 2. The average Bonchev–Trinajstić information content (AvgIpc) is 2.47. The molecule has 1 heterocycles. The molecular weight excluding hydrogens is 150 g/mol. The summed E-state index contributed by atoms with van der Waals surface area (Å²) in [5.41, 5.74) is 6.54. The SMILES string of the molecule is CCC(N)C#Cc1ccnn1C. The minimum atomic E-state index is -0.0279. The molecule has 1 atom stereocenters. The normalized spacial score (nSPS) is 11.9. The summed E-state index contributed by atoms with van der Waals surface area (Å²) >= 11 is 0. The summed E-state index contributed by atoms with van der Waals surface area (Å²) in [6, 6.07) is 1.84. The van der Waals surface area contributed by atoms with Crippen LogP contribution in [0.3, 0.4) is 0 Å². The van der Waals surface area contributed by atoms with Crippen molar-refractivity contribution >= 4 is 0 Å². The molecule has 0 saturated carbocycles. The molecule has 0 fully saturated rings. The molecule has 1 aromatic rings. The van der Waals surface area contributed by atoms with Crippen molar-refractivity contribution in [3.05, 3.63) is 18.0 Å². The van der Waals surface area contributed by atoms with Crippen molar-refractivity contribution in [2.75, 3.05) is 0 Å². The van der Waals surface area contributed by atoms with Gasteiger partial charge in [0.1, 0.15) is 5.69 Å². The fourth-order valence-corrected chi connectivity index (χ4v) is 0.765. The first-order valence-corrected chi connectivity index (χ1v) is 3.99. The van der Waals surface area contributed by atoms with Crippen molar-refractivity contribution in [2.24, 2.45) is 12.8 Å². The summed E-state index contributed by atoms with van der Waals surface area (Å²) in [5.74, 6) is 5.91. The van der Waals surface area contributed by atoms with Gasteiger partial charge in [0, 0.05) is 7.05 Å². The molecule has 0 radical (unpaired) electrons. The van der Waals surface area contributed by atoms with Gasteiger partial charge in [0.15, 0.2) is 0 Å². The lowest BCUT2D eigenvalue weighted by Crippen LogP contribution is -2.15. The Balaban J connectivity index is 2.72. The van der Waals surface area contributed by atoms with Crippen molar-refractivity contribution in [1.82, 2.24) is 9.78 Å². The van der Waals surface area contributed by atoms with Gasteiger partial charge in [-0.25, -0.2) is 0 Å². The summed E-state index contributed by atoms with van der Waals surface area (Å²) in [5, 5.41) is 3.99. The van der Waals surface area contributed by atoms with Crippen LogP contribution in [0.2, 0.25) is 0 Å². The standard InChI is InChI=1S/C9H13N3/c1-3-8(10)4-5-9-6-7-11-12(9)2/h6-8H,3,10H2,1-2H3. The number of hydrogen-bond acceptors (Lipinski definition) is 2. The van der Waals surface area contributed by atoms with Gasteiger partial charge in [-0.05, 0) is 18.4 Å². The van der Waals surface area contributed by atoms with Gasteiger partial charge < -0.3 is 5.73 Å². The van der Waals surface area contributed by atoms with E-state index in [2.05, 4.69) is 16.9 Å². The third-order valence-electron chi connectivity index (χ3n) is 1.65. The molecule has 2 N–H and O–H groups in total. The van der Waals surface area contributed by atoms with E-state index in [1.54, 1.807) is 10.9 Å². The molecule has 12 heavy (non-hydrogen) atoms. The lowest BCUT2D eigenvalue weighted by molar-refractivity contribution is 0.756.